The number of esters is 1. The van der Waals surface area contributed by atoms with Crippen molar-refractivity contribution in [3.8, 4) is 0 Å². The Bertz CT molecular complexity index is 247. The summed E-state index contributed by atoms with van der Waals surface area (Å²) in [5.41, 5.74) is 0. The van der Waals surface area contributed by atoms with E-state index in [1.54, 1.807) is 11.8 Å². The minimum Gasteiger partial charge on any atom is -0.468 e. The highest BCUT2D eigenvalue weighted by atomic mass is 16.5. The lowest BCUT2D eigenvalue weighted by Gasteiger charge is -2.36. The maximum atomic E-state index is 11.3. The third kappa shape index (κ3) is 2.92. The second-order valence-electron chi connectivity index (χ2n) is 3.74. The van der Waals surface area contributed by atoms with E-state index in [2.05, 4.69) is 4.74 Å². The van der Waals surface area contributed by atoms with Crippen LogP contribution in [-0.2, 0) is 14.3 Å². The fourth-order valence-electron chi connectivity index (χ4n) is 1.74. The number of methoxy groups -OCH3 is 1. The molecule has 1 unspecified atom stereocenters. The Hall–Kier alpha value is -1.10. The molecule has 5 heteroatoms. The molecule has 0 radical (unpaired) electrons. The fraction of sp³-hybridized carbons (Fsp3) is 0.800. The molecule has 0 aromatic carbocycles. The number of carbonyl (C=O) groups is 2. The number of ether oxygens (including phenoxy) is 1. The minimum absolute atomic E-state index is 0.0976. The lowest BCUT2D eigenvalue weighted by atomic mass is 10.2. The molecule has 1 aliphatic heterocycles. The monoisotopic (exact) mass is 214 g/mol. The van der Waals surface area contributed by atoms with E-state index in [-0.39, 0.29) is 17.9 Å². The molecule has 0 N–H and O–H groups in total. The normalized spacial score (nSPS) is 19.8. The summed E-state index contributed by atoms with van der Waals surface area (Å²) in [5.74, 6) is -0.119. The van der Waals surface area contributed by atoms with Gasteiger partial charge in [0.25, 0.3) is 0 Å². The molecule has 1 aliphatic rings. The Morgan fingerprint density at radius 1 is 1.20 bits per heavy atom. The third-order valence-electron chi connectivity index (χ3n) is 2.85. The van der Waals surface area contributed by atoms with Gasteiger partial charge >= 0.3 is 5.97 Å². The maximum absolute atomic E-state index is 11.3. The van der Waals surface area contributed by atoms with Crippen LogP contribution in [0.15, 0.2) is 0 Å². The van der Waals surface area contributed by atoms with Crippen LogP contribution in [0.3, 0.4) is 0 Å². The standard InChI is InChI=1S/C10H18N2O3/c1-8(10(14)15-3)11-4-6-12(7-5-11)9(2)13/h8H,4-7H2,1-3H3. The van der Waals surface area contributed by atoms with E-state index < -0.39 is 0 Å². The van der Waals surface area contributed by atoms with Crippen molar-refractivity contribution in [2.45, 2.75) is 19.9 Å². The van der Waals surface area contributed by atoms with Gasteiger partial charge in [0.2, 0.25) is 5.91 Å². The molecule has 1 rings (SSSR count). The van der Waals surface area contributed by atoms with Gasteiger partial charge in [-0.25, -0.2) is 0 Å². The number of hydrogen-bond donors (Lipinski definition) is 0. The molecule has 0 saturated carbocycles. The van der Waals surface area contributed by atoms with E-state index in [1.807, 2.05) is 11.8 Å². The molecule has 86 valence electrons. The first-order chi connectivity index (χ1) is 7.06. The topological polar surface area (TPSA) is 49.9 Å². The average molecular weight is 214 g/mol. The van der Waals surface area contributed by atoms with Crippen LogP contribution < -0.4 is 0 Å². The van der Waals surface area contributed by atoms with Crippen LogP contribution in [-0.4, -0.2) is 61.0 Å². The van der Waals surface area contributed by atoms with Gasteiger partial charge in [0, 0.05) is 33.1 Å². The lowest BCUT2D eigenvalue weighted by Crippen LogP contribution is -2.52. The van der Waals surface area contributed by atoms with E-state index in [9.17, 15) is 9.59 Å². The Morgan fingerprint density at radius 2 is 1.73 bits per heavy atom. The van der Waals surface area contributed by atoms with Gasteiger partial charge in [-0.05, 0) is 6.92 Å². The number of nitrogens with zero attached hydrogens (tertiary/aromatic N) is 2. The zero-order valence-corrected chi connectivity index (χ0v) is 9.52. The summed E-state index contributed by atoms with van der Waals surface area (Å²) in [5, 5.41) is 0. The number of carbonyl (C=O) groups excluding carboxylic acids is 2. The second kappa shape index (κ2) is 5.11. The molecule has 0 bridgehead atoms. The van der Waals surface area contributed by atoms with Crippen molar-refractivity contribution in [3.05, 3.63) is 0 Å². The van der Waals surface area contributed by atoms with Crippen LogP contribution in [0.2, 0.25) is 0 Å². The molecule has 1 amide bonds. The van der Waals surface area contributed by atoms with Gasteiger partial charge in [0.15, 0.2) is 0 Å². The summed E-state index contributed by atoms with van der Waals surface area (Å²) >= 11 is 0. The van der Waals surface area contributed by atoms with Gasteiger partial charge in [-0.2, -0.15) is 0 Å². The molecule has 1 saturated heterocycles. The van der Waals surface area contributed by atoms with Crippen LogP contribution in [0.1, 0.15) is 13.8 Å². The average Bonchev–Trinajstić information content (AvgIpc) is 2.27. The lowest BCUT2D eigenvalue weighted by molar-refractivity contribution is -0.147. The number of hydrogen-bond acceptors (Lipinski definition) is 4. The first-order valence-electron chi connectivity index (χ1n) is 5.13. The van der Waals surface area contributed by atoms with Gasteiger partial charge in [0.1, 0.15) is 6.04 Å². The molecular formula is C10H18N2O3. The zero-order chi connectivity index (χ0) is 11.4. The van der Waals surface area contributed by atoms with Crippen LogP contribution in [0, 0.1) is 0 Å². The molecular weight excluding hydrogens is 196 g/mol. The summed E-state index contributed by atoms with van der Waals surface area (Å²) < 4.78 is 4.68. The van der Waals surface area contributed by atoms with E-state index in [4.69, 9.17) is 0 Å². The Labute approximate surface area is 90.0 Å². The quantitative estimate of drug-likeness (QED) is 0.593. The van der Waals surface area contributed by atoms with E-state index >= 15 is 0 Å². The van der Waals surface area contributed by atoms with Gasteiger partial charge in [-0.1, -0.05) is 0 Å². The first-order valence-corrected chi connectivity index (χ1v) is 5.13. The Balaban J connectivity index is 2.43. The summed E-state index contributed by atoms with van der Waals surface area (Å²) in [6.45, 7) is 6.24. The Morgan fingerprint density at radius 3 is 2.13 bits per heavy atom. The molecule has 0 spiro atoms. The fourth-order valence-corrected chi connectivity index (χ4v) is 1.74. The van der Waals surface area contributed by atoms with Crippen LogP contribution in [0.4, 0.5) is 0 Å². The third-order valence-corrected chi connectivity index (χ3v) is 2.85. The predicted octanol–water partition coefficient (Wildman–Crippen LogP) is -0.288. The van der Waals surface area contributed by atoms with Gasteiger partial charge in [0.05, 0.1) is 7.11 Å². The van der Waals surface area contributed by atoms with E-state index in [0.29, 0.717) is 13.1 Å². The number of piperazine rings is 1. The summed E-state index contributed by atoms with van der Waals surface area (Å²) in [4.78, 5) is 26.2. The molecule has 0 aromatic rings. The molecule has 1 fully saturated rings. The highest BCUT2D eigenvalue weighted by molar-refractivity contribution is 5.75. The second-order valence-corrected chi connectivity index (χ2v) is 3.74. The van der Waals surface area contributed by atoms with Crippen molar-refractivity contribution in [2.24, 2.45) is 0 Å². The van der Waals surface area contributed by atoms with Gasteiger partial charge in [-0.15, -0.1) is 0 Å². The smallest absolute Gasteiger partial charge is 0.322 e. The summed E-state index contributed by atoms with van der Waals surface area (Å²) in [6, 6.07) is -0.218. The number of amides is 1. The summed E-state index contributed by atoms with van der Waals surface area (Å²) in [7, 11) is 1.39. The van der Waals surface area contributed by atoms with Crippen LogP contribution in [0.5, 0.6) is 0 Å². The molecule has 1 atom stereocenters. The van der Waals surface area contributed by atoms with E-state index in [1.165, 1.54) is 7.11 Å². The molecule has 1 heterocycles. The van der Waals surface area contributed by atoms with Gasteiger partial charge in [-0.3, -0.25) is 14.5 Å². The largest absolute Gasteiger partial charge is 0.468 e. The predicted molar refractivity (Wildman–Crippen MR) is 55.3 cm³/mol. The van der Waals surface area contributed by atoms with Crippen molar-refractivity contribution < 1.29 is 14.3 Å². The summed E-state index contributed by atoms with van der Waals surface area (Å²) in [6.07, 6.45) is 0. The molecule has 15 heavy (non-hydrogen) atoms. The first kappa shape index (κ1) is 12.0. The molecule has 0 aliphatic carbocycles. The Kier molecular flexibility index (Phi) is 4.08. The van der Waals surface area contributed by atoms with Crippen molar-refractivity contribution >= 4 is 11.9 Å². The van der Waals surface area contributed by atoms with Crippen molar-refractivity contribution in [1.29, 1.82) is 0 Å². The van der Waals surface area contributed by atoms with Crippen molar-refractivity contribution in [3.63, 3.8) is 0 Å². The van der Waals surface area contributed by atoms with E-state index in [0.717, 1.165) is 13.1 Å². The SMILES string of the molecule is COC(=O)C(C)N1CCN(C(C)=O)CC1. The van der Waals surface area contributed by atoms with Gasteiger partial charge < -0.3 is 9.64 Å². The number of rotatable bonds is 2. The maximum Gasteiger partial charge on any atom is 0.322 e. The molecule has 0 aromatic heterocycles. The van der Waals surface area contributed by atoms with Crippen molar-refractivity contribution in [1.82, 2.24) is 9.80 Å². The zero-order valence-electron chi connectivity index (χ0n) is 9.52. The highest BCUT2D eigenvalue weighted by Gasteiger charge is 2.26. The highest BCUT2D eigenvalue weighted by Crippen LogP contribution is 2.07. The van der Waals surface area contributed by atoms with Crippen molar-refractivity contribution in [2.75, 3.05) is 33.3 Å². The van der Waals surface area contributed by atoms with Crippen LogP contribution >= 0.6 is 0 Å². The molecule has 5 nitrogen and oxygen atoms in total. The minimum atomic E-state index is -0.218. The van der Waals surface area contributed by atoms with Crippen LogP contribution in [0.25, 0.3) is 0 Å².